The summed E-state index contributed by atoms with van der Waals surface area (Å²) in [6, 6.07) is 8.80. The van der Waals surface area contributed by atoms with Crippen LogP contribution in [-0.2, 0) is 22.3 Å². The van der Waals surface area contributed by atoms with E-state index in [1.807, 2.05) is 0 Å². The molecule has 1 aliphatic rings. The van der Waals surface area contributed by atoms with Crippen molar-refractivity contribution in [3.8, 4) is 0 Å². The van der Waals surface area contributed by atoms with E-state index >= 15 is 0 Å². The van der Waals surface area contributed by atoms with Gasteiger partial charge in [-0.2, -0.15) is 0 Å². The maximum atomic E-state index is 5.73. The highest BCUT2D eigenvalue weighted by Crippen LogP contribution is 2.14. The Morgan fingerprint density at radius 2 is 1.83 bits per heavy atom. The predicted octanol–water partition coefficient (Wildman–Crippen LogP) is 3.71. The van der Waals surface area contributed by atoms with Crippen molar-refractivity contribution in [2.45, 2.75) is 38.4 Å². The molecule has 100 valence electrons. The molecule has 2 nitrogen and oxygen atoms in total. The Hall–Kier alpha value is -0.380. The third-order valence-corrected chi connectivity index (χ3v) is 3.64. The highest BCUT2D eigenvalue weighted by molar-refractivity contribution is 9.09. The number of benzene rings is 1. The Kier molecular flexibility index (Phi) is 6.18. The molecule has 1 saturated heterocycles. The first-order valence-corrected chi connectivity index (χ1v) is 7.87. The second-order valence-electron chi connectivity index (χ2n) is 4.67. The van der Waals surface area contributed by atoms with Gasteiger partial charge in [-0.15, -0.1) is 0 Å². The number of aryl methyl sites for hydroxylation is 1. The van der Waals surface area contributed by atoms with Crippen molar-refractivity contribution in [3.05, 3.63) is 35.4 Å². The smallest absolute Gasteiger partial charge is 0.157 e. The lowest BCUT2D eigenvalue weighted by Crippen LogP contribution is -2.23. The van der Waals surface area contributed by atoms with Crippen molar-refractivity contribution < 1.29 is 9.47 Å². The van der Waals surface area contributed by atoms with E-state index < -0.39 is 0 Å². The van der Waals surface area contributed by atoms with E-state index in [9.17, 15) is 0 Å². The van der Waals surface area contributed by atoms with Crippen molar-refractivity contribution in [1.82, 2.24) is 0 Å². The zero-order valence-corrected chi connectivity index (χ0v) is 12.3. The van der Waals surface area contributed by atoms with E-state index in [0.717, 1.165) is 37.8 Å². The summed E-state index contributed by atoms with van der Waals surface area (Å²) in [6.07, 6.45) is 5.54. The van der Waals surface area contributed by atoms with Crippen LogP contribution in [0.4, 0.5) is 0 Å². The average molecular weight is 313 g/mol. The summed E-state index contributed by atoms with van der Waals surface area (Å²) in [7, 11) is 0. The normalized spacial score (nSPS) is 19.9. The molecule has 2 rings (SSSR count). The number of ether oxygens (including phenoxy) is 2. The Morgan fingerprint density at radius 1 is 1.11 bits per heavy atom. The van der Waals surface area contributed by atoms with E-state index in [0.29, 0.717) is 0 Å². The average Bonchev–Trinajstić information content (AvgIpc) is 2.42. The van der Waals surface area contributed by atoms with Gasteiger partial charge in [0.1, 0.15) is 0 Å². The molecule has 1 unspecified atom stereocenters. The van der Waals surface area contributed by atoms with Crippen LogP contribution in [-0.4, -0.2) is 24.8 Å². The summed E-state index contributed by atoms with van der Waals surface area (Å²) in [5.41, 5.74) is 2.72. The minimum absolute atomic E-state index is 0.0337. The summed E-state index contributed by atoms with van der Waals surface area (Å²) in [5.74, 6) is 0. The molecule has 1 fully saturated rings. The fourth-order valence-electron chi connectivity index (χ4n) is 2.13. The molecule has 1 heterocycles. The van der Waals surface area contributed by atoms with E-state index in [1.165, 1.54) is 24.0 Å². The minimum atomic E-state index is 0.0337. The molecular weight excluding hydrogens is 292 g/mol. The van der Waals surface area contributed by atoms with Gasteiger partial charge in [-0.1, -0.05) is 40.2 Å². The van der Waals surface area contributed by atoms with Crippen molar-refractivity contribution in [2.75, 3.05) is 18.5 Å². The zero-order valence-electron chi connectivity index (χ0n) is 10.7. The largest absolute Gasteiger partial charge is 0.353 e. The van der Waals surface area contributed by atoms with Gasteiger partial charge in [0, 0.05) is 11.9 Å². The van der Waals surface area contributed by atoms with E-state index in [1.54, 1.807) is 0 Å². The molecule has 0 amide bonds. The number of halogens is 1. The van der Waals surface area contributed by atoms with Crippen LogP contribution in [0.2, 0.25) is 0 Å². The molecule has 18 heavy (non-hydrogen) atoms. The Balaban J connectivity index is 1.69. The van der Waals surface area contributed by atoms with Gasteiger partial charge >= 0.3 is 0 Å². The maximum absolute atomic E-state index is 5.73. The third-order valence-electron chi connectivity index (χ3n) is 3.24. The van der Waals surface area contributed by atoms with Gasteiger partial charge in [0.25, 0.3) is 0 Å². The van der Waals surface area contributed by atoms with Gasteiger partial charge in [-0.3, -0.25) is 0 Å². The molecule has 1 aliphatic heterocycles. The first-order valence-electron chi connectivity index (χ1n) is 6.75. The maximum Gasteiger partial charge on any atom is 0.157 e. The van der Waals surface area contributed by atoms with Gasteiger partial charge in [0.05, 0.1) is 6.61 Å². The number of alkyl halides is 1. The fourth-order valence-corrected chi connectivity index (χ4v) is 2.59. The molecular formula is C15H21BrO2. The van der Waals surface area contributed by atoms with Gasteiger partial charge in [0.2, 0.25) is 0 Å². The van der Waals surface area contributed by atoms with Crippen LogP contribution in [0, 0.1) is 0 Å². The van der Waals surface area contributed by atoms with Crippen molar-refractivity contribution in [1.29, 1.82) is 0 Å². The third kappa shape index (κ3) is 4.71. The summed E-state index contributed by atoms with van der Waals surface area (Å²) in [4.78, 5) is 0. The highest BCUT2D eigenvalue weighted by Gasteiger charge is 2.13. The lowest BCUT2D eigenvalue weighted by molar-refractivity contribution is -0.161. The van der Waals surface area contributed by atoms with Crippen molar-refractivity contribution in [3.63, 3.8) is 0 Å². The summed E-state index contributed by atoms with van der Waals surface area (Å²) in [6.45, 7) is 1.61. The molecule has 0 N–H and O–H groups in total. The summed E-state index contributed by atoms with van der Waals surface area (Å²) >= 11 is 3.46. The SMILES string of the molecule is BrCCc1ccc(CCOC2CCCCO2)cc1. The molecule has 3 heteroatoms. The number of hydrogen-bond donors (Lipinski definition) is 0. The Labute approximate surface area is 118 Å². The Morgan fingerprint density at radius 3 is 2.44 bits per heavy atom. The van der Waals surface area contributed by atoms with Crippen LogP contribution in [0.15, 0.2) is 24.3 Å². The fraction of sp³-hybridized carbons (Fsp3) is 0.600. The molecule has 1 atom stereocenters. The quantitative estimate of drug-likeness (QED) is 0.746. The van der Waals surface area contributed by atoms with E-state index in [-0.39, 0.29) is 6.29 Å². The second-order valence-corrected chi connectivity index (χ2v) is 5.47. The number of hydrogen-bond acceptors (Lipinski definition) is 2. The monoisotopic (exact) mass is 312 g/mol. The van der Waals surface area contributed by atoms with Crippen molar-refractivity contribution >= 4 is 15.9 Å². The van der Waals surface area contributed by atoms with Crippen LogP contribution >= 0.6 is 15.9 Å². The molecule has 1 aromatic rings. The first kappa shape index (κ1) is 14.0. The lowest BCUT2D eigenvalue weighted by Gasteiger charge is -2.22. The Bertz CT molecular complexity index is 331. The van der Waals surface area contributed by atoms with E-state index in [4.69, 9.17) is 9.47 Å². The molecule has 1 aromatic carbocycles. The summed E-state index contributed by atoms with van der Waals surface area (Å²) in [5, 5.41) is 1.02. The second kappa shape index (κ2) is 7.93. The highest BCUT2D eigenvalue weighted by atomic mass is 79.9. The van der Waals surface area contributed by atoms with Crippen LogP contribution < -0.4 is 0 Å². The van der Waals surface area contributed by atoms with Gasteiger partial charge in [-0.25, -0.2) is 0 Å². The molecule has 0 spiro atoms. The summed E-state index contributed by atoms with van der Waals surface area (Å²) < 4.78 is 11.3. The lowest BCUT2D eigenvalue weighted by atomic mass is 10.1. The van der Waals surface area contributed by atoms with Crippen molar-refractivity contribution in [2.24, 2.45) is 0 Å². The topological polar surface area (TPSA) is 18.5 Å². The molecule has 0 aliphatic carbocycles. The van der Waals surface area contributed by atoms with Gasteiger partial charge in [-0.05, 0) is 43.2 Å². The van der Waals surface area contributed by atoms with Gasteiger partial charge < -0.3 is 9.47 Å². The minimum Gasteiger partial charge on any atom is -0.353 e. The molecule has 0 saturated carbocycles. The zero-order chi connectivity index (χ0) is 12.6. The van der Waals surface area contributed by atoms with Gasteiger partial charge in [0.15, 0.2) is 6.29 Å². The molecule has 0 bridgehead atoms. The van der Waals surface area contributed by atoms with Crippen LogP contribution in [0.1, 0.15) is 30.4 Å². The molecule has 0 aromatic heterocycles. The molecule has 0 radical (unpaired) electrons. The first-order chi connectivity index (χ1) is 8.88. The van der Waals surface area contributed by atoms with Crippen LogP contribution in [0.25, 0.3) is 0 Å². The van der Waals surface area contributed by atoms with E-state index in [2.05, 4.69) is 40.2 Å². The predicted molar refractivity (Wildman–Crippen MR) is 77.2 cm³/mol. The van der Waals surface area contributed by atoms with Crippen LogP contribution in [0.3, 0.4) is 0 Å². The number of rotatable bonds is 6. The standard InChI is InChI=1S/C15H21BrO2/c16-10-8-13-4-6-14(7-5-13)9-12-18-15-3-1-2-11-17-15/h4-7,15H,1-3,8-12H2. The van der Waals surface area contributed by atoms with Crippen LogP contribution in [0.5, 0.6) is 0 Å².